The maximum Gasteiger partial charge on any atom is 0.472 e. The van der Waals surface area contributed by atoms with E-state index in [0.717, 1.165) is 51.0 Å². The Morgan fingerprint density at radius 1 is 0.571 bits per heavy atom. The number of ether oxygens (including phenoxy) is 4. The summed E-state index contributed by atoms with van der Waals surface area (Å²) in [5, 5.41) is 83.0. The number of unbranched alkanes of at least 4 members (excludes halogenated alkanes) is 25. The van der Waals surface area contributed by atoms with Crippen LogP contribution in [-0.4, -0.2) is 151 Å². The highest BCUT2D eigenvalue weighted by Crippen LogP contribution is 2.48. The van der Waals surface area contributed by atoms with Crippen LogP contribution in [0.1, 0.15) is 194 Å². The van der Waals surface area contributed by atoms with Gasteiger partial charge >= 0.3 is 19.8 Å². The summed E-state index contributed by atoms with van der Waals surface area (Å²) in [6.07, 6.45) is 14.6. The molecule has 1 aliphatic carbocycles. The maximum atomic E-state index is 13.4. The fraction of sp³-hybridized carbons (Fsp3) is 0.882. The molecule has 9 N–H and O–H groups in total. The van der Waals surface area contributed by atoms with Gasteiger partial charge in [-0.2, -0.15) is 0 Å². The highest BCUT2D eigenvalue weighted by Gasteiger charge is 2.55. The first-order valence-electron chi connectivity index (χ1n) is 26.7. The molecular weight excluding hydrogens is 932 g/mol. The van der Waals surface area contributed by atoms with Gasteiger partial charge in [0.25, 0.3) is 0 Å². The van der Waals surface area contributed by atoms with E-state index >= 15 is 0 Å². The topological polar surface area (TPSA) is 289 Å². The van der Waals surface area contributed by atoms with Gasteiger partial charge < -0.3 is 64.7 Å². The van der Waals surface area contributed by atoms with Gasteiger partial charge in [0.05, 0.1) is 13.2 Å². The van der Waals surface area contributed by atoms with E-state index in [1.807, 2.05) is 6.08 Å². The molecule has 19 heteroatoms. The largest absolute Gasteiger partial charge is 0.472 e. The summed E-state index contributed by atoms with van der Waals surface area (Å²) in [5.74, 6) is -1.46. The fourth-order valence-corrected chi connectivity index (χ4v) is 9.58. The number of carbonyl (C=O) groups is 2. The van der Waals surface area contributed by atoms with E-state index in [1.54, 1.807) is 6.08 Å². The summed E-state index contributed by atoms with van der Waals surface area (Å²) in [7, 11) is -5.40. The molecule has 2 aliphatic rings. The number of hydrogen-bond acceptors (Lipinski definition) is 17. The van der Waals surface area contributed by atoms with Gasteiger partial charge in [-0.15, -0.1) is 0 Å². The second-order valence-corrected chi connectivity index (χ2v) is 20.6. The third-order valence-electron chi connectivity index (χ3n) is 13.0. The normalized spacial score (nSPS) is 27.5. The Morgan fingerprint density at radius 2 is 1.03 bits per heavy atom. The van der Waals surface area contributed by atoms with Crippen molar-refractivity contribution < 1.29 is 87.9 Å². The number of rotatable bonds is 41. The van der Waals surface area contributed by atoms with Gasteiger partial charge in [0.15, 0.2) is 12.4 Å². The maximum absolute atomic E-state index is 13.4. The van der Waals surface area contributed by atoms with Crippen molar-refractivity contribution in [1.82, 2.24) is 0 Å². The summed E-state index contributed by atoms with van der Waals surface area (Å²) < 4.78 is 45.3. The van der Waals surface area contributed by atoms with Crippen LogP contribution < -0.4 is 0 Å². The average Bonchev–Trinajstić information content (AvgIpc) is 3.34. The van der Waals surface area contributed by atoms with Gasteiger partial charge in [-0.1, -0.05) is 186 Å². The predicted octanol–water partition coefficient (Wildman–Crippen LogP) is 6.66. The van der Waals surface area contributed by atoms with Crippen LogP contribution >= 0.6 is 7.82 Å². The SMILES string of the molecule is CCCCCCCCCCCCC/C=C/C=C/C(=O)OC(COC(=O)CCCCCCCCCCCCCCCCC)COP(=O)(O)OC1C(O)C(O)C(O)C(O)C1OC1OC(CO)C(O)C(O)C1O. The number of aliphatic hydroxyl groups excluding tert-OH is 8. The quantitative estimate of drug-likeness (QED) is 0.0102. The number of aliphatic hydroxyl groups is 8. The molecule has 410 valence electrons. The second kappa shape index (κ2) is 38.7. The van der Waals surface area contributed by atoms with Crippen molar-refractivity contribution in [1.29, 1.82) is 0 Å². The molecule has 1 heterocycles. The third kappa shape index (κ3) is 26.9. The Morgan fingerprint density at radius 3 is 1.53 bits per heavy atom. The van der Waals surface area contributed by atoms with Crippen molar-refractivity contribution in [3.8, 4) is 0 Å². The molecule has 0 amide bonds. The molecule has 13 unspecified atom stereocenters. The molecule has 0 spiro atoms. The number of phosphoric acid groups is 1. The van der Waals surface area contributed by atoms with Crippen molar-refractivity contribution >= 4 is 19.8 Å². The fourth-order valence-electron chi connectivity index (χ4n) is 8.61. The summed E-state index contributed by atoms with van der Waals surface area (Å²) in [5.41, 5.74) is 0. The van der Waals surface area contributed by atoms with Gasteiger partial charge in [0.2, 0.25) is 0 Å². The van der Waals surface area contributed by atoms with Crippen LogP contribution in [0.2, 0.25) is 0 Å². The Bertz CT molecular complexity index is 1450. The zero-order valence-corrected chi connectivity index (χ0v) is 43.2. The Balaban J connectivity index is 1.95. The zero-order valence-electron chi connectivity index (χ0n) is 42.3. The number of esters is 2. The first kappa shape index (κ1) is 64.2. The zero-order chi connectivity index (χ0) is 51.6. The molecule has 1 saturated carbocycles. The first-order chi connectivity index (χ1) is 33.7. The summed E-state index contributed by atoms with van der Waals surface area (Å²) in [6.45, 7) is 2.15. The Labute approximate surface area is 417 Å². The molecule has 0 aromatic rings. The molecule has 70 heavy (non-hydrogen) atoms. The summed E-state index contributed by atoms with van der Waals surface area (Å²) in [6, 6.07) is 0. The number of hydrogen-bond donors (Lipinski definition) is 9. The monoisotopic (exact) mass is 1020 g/mol. The van der Waals surface area contributed by atoms with Crippen molar-refractivity contribution in [2.45, 2.75) is 267 Å². The lowest BCUT2D eigenvalue weighted by molar-refractivity contribution is -0.338. The van der Waals surface area contributed by atoms with Crippen LogP contribution in [0.4, 0.5) is 0 Å². The van der Waals surface area contributed by atoms with E-state index in [9.17, 15) is 59.9 Å². The molecule has 13 atom stereocenters. The van der Waals surface area contributed by atoms with E-state index < -0.39 is 113 Å². The van der Waals surface area contributed by atoms with Crippen molar-refractivity contribution in [2.75, 3.05) is 19.8 Å². The highest BCUT2D eigenvalue weighted by molar-refractivity contribution is 7.47. The summed E-state index contributed by atoms with van der Waals surface area (Å²) >= 11 is 0. The first-order valence-corrected chi connectivity index (χ1v) is 28.2. The van der Waals surface area contributed by atoms with E-state index in [-0.39, 0.29) is 6.42 Å². The van der Waals surface area contributed by atoms with Gasteiger partial charge in [0, 0.05) is 12.5 Å². The van der Waals surface area contributed by atoms with E-state index in [1.165, 1.54) is 128 Å². The smallest absolute Gasteiger partial charge is 0.462 e. The molecular formula is C51H93O18P. The standard InChI is InChI=1S/C51H93O18P/c1-3-5-7-9-11-13-15-17-19-21-23-25-27-29-31-33-40(53)64-36-38(66-41(54)34-32-30-28-26-24-22-20-18-16-14-12-10-8-6-4-2)37-65-70(62,63)69-50-47(60)45(58)44(57)46(59)49(50)68-51-48(61)43(56)42(55)39(35-52)67-51/h28,30,32,34,38-39,42-52,55-61H,3-27,29,31,33,35-37H2,1-2H3,(H,62,63)/b30-28+,34-32+. The van der Waals surface area contributed by atoms with Crippen LogP contribution in [-0.2, 0) is 42.1 Å². The highest BCUT2D eigenvalue weighted by atomic mass is 31.2. The van der Waals surface area contributed by atoms with Crippen LogP contribution in [0.25, 0.3) is 0 Å². The molecule has 18 nitrogen and oxygen atoms in total. The van der Waals surface area contributed by atoms with Crippen LogP contribution in [0.15, 0.2) is 24.3 Å². The van der Waals surface area contributed by atoms with Gasteiger partial charge in [-0.25, -0.2) is 9.36 Å². The van der Waals surface area contributed by atoms with E-state index in [2.05, 4.69) is 13.8 Å². The van der Waals surface area contributed by atoms with Crippen LogP contribution in [0.3, 0.4) is 0 Å². The van der Waals surface area contributed by atoms with Crippen molar-refractivity contribution in [3.63, 3.8) is 0 Å². The molecule has 1 saturated heterocycles. The number of allylic oxidation sites excluding steroid dienone is 3. The van der Waals surface area contributed by atoms with E-state index in [0.29, 0.717) is 6.42 Å². The molecule has 2 fully saturated rings. The third-order valence-corrected chi connectivity index (χ3v) is 14.0. The van der Waals surface area contributed by atoms with E-state index in [4.69, 9.17) is 28.0 Å². The Kier molecular flexibility index (Phi) is 35.5. The molecule has 0 aromatic carbocycles. The molecule has 0 aromatic heterocycles. The van der Waals surface area contributed by atoms with Gasteiger partial charge in [-0.05, 0) is 19.3 Å². The lowest BCUT2D eigenvalue weighted by Crippen LogP contribution is -2.67. The molecule has 1 aliphatic heterocycles. The van der Waals surface area contributed by atoms with Crippen LogP contribution in [0, 0.1) is 0 Å². The van der Waals surface area contributed by atoms with Gasteiger partial charge in [-0.3, -0.25) is 13.8 Å². The minimum absolute atomic E-state index is 0.0944. The Hall–Kier alpha value is -1.87. The lowest BCUT2D eigenvalue weighted by atomic mass is 9.84. The predicted molar refractivity (Wildman–Crippen MR) is 263 cm³/mol. The van der Waals surface area contributed by atoms with Crippen molar-refractivity contribution in [3.05, 3.63) is 24.3 Å². The van der Waals surface area contributed by atoms with Crippen molar-refractivity contribution in [2.24, 2.45) is 0 Å². The molecule has 2 rings (SSSR count). The minimum atomic E-state index is -5.40. The van der Waals surface area contributed by atoms with Crippen LogP contribution in [0.5, 0.6) is 0 Å². The summed E-state index contributed by atoms with van der Waals surface area (Å²) in [4.78, 5) is 36.5. The molecule has 0 bridgehead atoms. The van der Waals surface area contributed by atoms with Gasteiger partial charge in [0.1, 0.15) is 67.6 Å². The molecule has 0 radical (unpaired) electrons. The average molecular weight is 1030 g/mol. The lowest BCUT2D eigenvalue weighted by Gasteiger charge is -2.47. The minimum Gasteiger partial charge on any atom is -0.462 e. The number of carbonyl (C=O) groups excluding carboxylic acids is 2. The number of phosphoric ester groups is 1. The second-order valence-electron chi connectivity index (χ2n) is 19.1.